The van der Waals surface area contributed by atoms with Gasteiger partial charge in [0.05, 0.1) is 50.7 Å². The first-order chi connectivity index (χ1) is 40.5. The first-order valence-corrected chi connectivity index (χ1v) is 26.1. The van der Waals surface area contributed by atoms with E-state index < -0.39 is 77.9 Å². The topological polar surface area (TPSA) is 493 Å². The van der Waals surface area contributed by atoms with Gasteiger partial charge >= 0.3 is 5.97 Å². The summed E-state index contributed by atoms with van der Waals surface area (Å²) in [6.45, 7) is 1.02. The number of hydrogen-bond donors (Lipinski definition) is 18. The molecule has 4 aromatic rings. The van der Waals surface area contributed by atoms with E-state index in [1.54, 1.807) is 0 Å². The molecule has 0 aliphatic heterocycles. The number of carbonyl (C=O) groups is 9. The maximum atomic E-state index is 14.3. The van der Waals surface area contributed by atoms with Crippen LogP contribution in [0.15, 0.2) is 72.8 Å². The van der Waals surface area contributed by atoms with Crippen molar-refractivity contribution in [3.8, 4) is 23.0 Å². The van der Waals surface area contributed by atoms with E-state index in [2.05, 4.69) is 58.5 Å². The highest BCUT2D eigenvalue weighted by molar-refractivity contribution is 6.08. The number of carboxylic acids is 1. The number of rotatable bonds is 32. The third-order valence-electron chi connectivity index (χ3n) is 12.1. The summed E-state index contributed by atoms with van der Waals surface area (Å²) in [5, 5.41) is 60.5. The van der Waals surface area contributed by atoms with Crippen LogP contribution in [0.2, 0.25) is 0 Å². The zero-order chi connectivity index (χ0) is 62.8. The molecule has 456 valence electrons. The van der Waals surface area contributed by atoms with E-state index in [1.807, 2.05) is 0 Å². The Morgan fingerprint density at radius 3 is 0.953 bits per heavy atom. The van der Waals surface area contributed by atoms with Crippen molar-refractivity contribution in [3.05, 3.63) is 95.1 Å². The number of nitrogens with two attached hydrogens (primary N) is 3. The predicted octanol–water partition coefficient (Wildman–Crippen LogP) is 0.495. The van der Waals surface area contributed by atoms with Gasteiger partial charge in [-0.15, -0.1) is 0 Å². The maximum Gasteiger partial charge on any atom is 0.322 e. The molecule has 0 aliphatic rings. The van der Waals surface area contributed by atoms with Crippen molar-refractivity contribution in [3.63, 3.8) is 0 Å². The second-order valence-electron chi connectivity index (χ2n) is 18.4. The number of carbonyl (C=O) groups excluding carboxylic acids is 8. The van der Waals surface area contributed by atoms with Gasteiger partial charge in [-0.1, -0.05) is 0 Å². The Morgan fingerprint density at radius 1 is 0.435 bits per heavy atom. The highest BCUT2D eigenvalue weighted by atomic mass is 16.5. The lowest BCUT2D eigenvalue weighted by atomic mass is 10.1. The van der Waals surface area contributed by atoms with E-state index in [-0.39, 0.29) is 144 Å². The molecule has 3 atom stereocenters. The molecule has 0 saturated carbocycles. The molecule has 0 spiro atoms. The monoisotopic (exact) mass is 1180 g/mol. The van der Waals surface area contributed by atoms with Gasteiger partial charge in [0.2, 0.25) is 23.6 Å². The summed E-state index contributed by atoms with van der Waals surface area (Å²) in [4.78, 5) is 120. The van der Waals surface area contributed by atoms with E-state index in [9.17, 15) is 43.2 Å². The average Bonchev–Trinajstić information content (AvgIpc) is 3.67. The second kappa shape index (κ2) is 33.1. The van der Waals surface area contributed by atoms with Crippen LogP contribution in [0.1, 0.15) is 86.9 Å². The maximum absolute atomic E-state index is 14.3. The number of anilines is 4. The standard InChI is InChI=1S/C54H71N17O14/c1-28(72)65-29-12-16-41(83-3)34(23-29)46(76)69-38(10-7-21-62-53(57)58)50(80)67-31-14-18-43(85-5)36(25-31)48(78)71-39(11-8-22-63-54(59)60)51(81)68-32-15-19-42(84-4)35(26-32)47(77)70-37(9-6-20-61-52(55)56)49(79)66-30-13-17-40(82-2)33(24-30)45(75)64-27-44(73)74/h12-19,23-26,37-39H,6-11,20-22,27H2,1-5H3,(H,64,75)(H,65,72)(H,66,79)(H,67,80)(H,68,81)(H,69,76)(H,70,77)(H,71,78)(H,73,74)(H4,55,56,61)(H4,57,58,62)(H4,59,60,63)/t37-,38-,39-/m0/s1. The first kappa shape index (κ1) is 66.6. The van der Waals surface area contributed by atoms with Crippen LogP contribution < -0.4 is 94.6 Å². The van der Waals surface area contributed by atoms with Gasteiger partial charge in [0.25, 0.3) is 23.6 Å². The smallest absolute Gasteiger partial charge is 0.322 e. The van der Waals surface area contributed by atoms with Gasteiger partial charge in [0, 0.05) is 49.3 Å². The van der Waals surface area contributed by atoms with Crippen molar-refractivity contribution in [2.24, 2.45) is 17.2 Å². The number of ether oxygens (including phenoxy) is 4. The molecule has 21 N–H and O–H groups in total. The molecule has 0 bridgehead atoms. The summed E-state index contributed by atoms with van der Waals surface area (Å²) in [7, 11) is 5.21. The Balaban J connectivity index is 1.61. The molecule has 4 rings (SSSR count). The van der Waals surface area contributed by atoms with Crippen LogP contribution in [0.25, 0.3) is 0 Å². The fraction of sp³-hybridized carbons (Fsp3) is 0.333. The Labute approximate surface area is 487 Å². The Morgan fingerprint density at radius 2 is 0.706 bits per heavy atom. The van der Waals surface area contributed by atoms with Gasteiger partial charge < -0.3 is 99.7 Å². The zero-order valence-electron chi connectivity index (χ0n) is 47.2. The average molecular weight is 1180 g/mol. The molecule has 0 radical (unpaired) electrons. The van der Waals surface area contributed by atoms with E-state index in [4.69, 9.17) is 57.5 Å². The van der Waals surface area contributed by atoms with Crippen LogP contribution in [0.4, 0.5) is 22.7 Å². The molecule has 0 heterocycles. The molecule has 0 fully saturated rings. The summed E-state index contributed by atoms with van der Waals surface area (Å²) in [5.74, 6) is -7.89. The first-order valence-electron chi connectivity index (χ1n) is 26.1. The largest absolute Gasteiger partial charge is 0.496 e. The molecular weight excluding hydrogens is 1110 g/mol. The third kappa shape index (κ3) is 21.5. The molecule has 0 aliphatic carbocycles. The summed E-state index contributed by atoms with van der Waals surface area (Å²) >= 11 is 0. The Kier molecular flexibility index (Phi) is 26.0. The number of amides is 8. The number of aliphatic carboxylic acids is 1. The van der Waals surface area contributed by atoms with Gasteiger partial charge in [-0.05, 0) is 111 Å². The molecular formula is C54H71N17O14. The zero-order valence-corrected chi connectivity index (χ0v) is 47.2. The molecule has 0 saturated heterocycles. The van der Waals surface area contributed by atoms with E-state index >= 15 is 0 Å². The lowest BCUT2D eigenvalue weighted by Gasteiger charge is -2.22. The van der Waals surface area contributed by atoms with Gasteiger partial charge in [-0.25, -0.2) is 0 Å². The fourth-order valence-corrected chi connectivity index (χ4v) is 8.10. The normalized spacial score (nSPS) is 11.5. The molecule has 0 aromatic heterocycles. The minimum Gasteiger partial charge on any atom is -0.496 e. The minimum absolute atomic E-state index is 0.000550. The molecule has 4 aromatic carbocycles. The number of hydrogen-bond acceptors (Lipinski definition) is 16. The molecule has 8 amide bonds. The summed E-state index contributed by atoms with van der Waals surface area (Å²) in [6, 6.07) is 12.7. The van der Waals surface area contributed by atoms with E-state index in [1.165, 1.54) is 108 Å². The molecule has 85 heavy (non-hydrogen) atoms. The van der Waals surface area contributed by atoms with Crippen molar-refractivity contribution in [2.45, 2.75) is 63.6 Å². The molecule has 31 nitrogen and oxygen atoms in total. The van der Waals surface area contributed by atoms with Crippen LogP contribution >= 0.6 is 0 Å². The Hall–Kier alpha value is -10.9. The van der Waals surface area contributed by atoms with Gasteiger partial charge in [0.15, 0.2) is 17.9 Å². The lowest BCUT2D eigenvalue weighted by Crippen LogP contribution is -2.45. The van der Waals surface area contributed by atoms with Gasteiger partial charge in [-0.2, -0.15) is 0 Å². The van der Waals surface area contributed by atoms with Gasteiger partial charge in [-0.3, -0.25) is 59.4 Å². The number of nitrogens with one attached hydrogen (secondary N) is 14. The number of carboxylic acid groups (broad SMARTS) is 1. The van der Waals surface area contributed by atoms with Crippen molar-refractivity contribution in [1.29, 1.82) is 16.2 Å². The quantitative estimate of drug-likeness (QED) is 0.0180. The van der Waals surface area contributed by atoms with E-state index in [0.29, 0.717) is 0 Å². The van der Waals surface area contributed by atoms with Crippen LogP contribution in [0.3, 0.4) is 0 Å². The predicted molar refractivity (Wildman–Crippen MR) is 313 cm³/mol. The van der Waals surface area contributed by atoms with E-state index in [0.717, 1.165) is 0 Å². The van der Waals surface area contributed by atoms with Crippen molar-refractivity contribution in [2.75, 3.05) is 75.9 Å². The van der Waals surface area contributed by atoms with Crippen molar-refractivity contribution >= 4 is 93.9 Å². The number of methoxy groups -OCH3 is 4. The summed E-state index contributed by atoms with van der Waals surface area (Å²) in [5.41, 5.74) is 16.5. The highest BCUT2D eigenvalue weighted by Crippen LogP contribution is 2.28. The molecule has 0 unspecified atom stereocenters. The Bertz CT molecular complexity index is 3140. The van der Waals surface area contributed by atoms with Crippen LogP contribution in [-0.4, -0.2) is 149 Å². The summed E-state index contributed by atoms with van der Waals surface area (Å²) < 4.78 is 21.6. The van der Waals surface area contributed by atoms with Crippen LogP contribution in [-0.2, 0) is 24.0 Å². The van der Waals surface area contributed by atoms with Crippen molar-refractivity contribution in [1.82, 2.24) is 37.2 Å². The number of guanidine groups is 3. The second-order valence-corrected chi connectivity index (χ2v) is 18.4. The fourth-order valence-electron chi connectivity index (χ4n) is 8.10. The third-order valence-corrected chi connectivity index (χ3v) is 12.1. The van der Waals surface area contributed by atoms with Crippen LogP contribution in [0.5, 0.6) is 23.0 Å². The SMILES string of the molecule is COc1ccc(NC(=O)[C@H](CCCNC(=N)N)NC(=O)c2cc(NC(=O)[C@H](CCCNC(=N)N)NC(=O)c3cc(NC(=O)[C@H](CCCNC(=N)N)NC(=O)c4cc(NC(C)=O)ccc4OC)ccc3OC)ccc2OC)cc1C(=O)NCC(=O)O. The van der Waals surface area contributed by atoms with Crippen molar-refractivity contribution < 1.29 is 67.2 Å². The van der Waals surface area contributed by atoms with Crippen LogP contribution in [0, 0.1) is 16.2 Å². The molecule has 31 heteroatoms. The van der Waals surface area contributed by atoms with Gasteiger partial charge in [0.1, 0.15) is 47.7 Å². The minimum atomic E-state index is -1.33. The summed E-state index contributed by atoms with van der Waals surface area (Å²) in [6.07, 6.45) is 0.589. The number of benzene rings is 4. The highest BCUT2D eigenvalue weighted by Gasteiger charge is 2.29. The lowest BCUT2D eigenvalue weighted by molar-refractivity contribution is -0.135.